The summed E-state index contributed by atoms with van der Waals surface area (Å²) in [4.78, 5) is 11.6. The Morgan fingerprint density at radius 3 is 2.80 bits per heavy atom. The zero-order chi connectivity index (χ0) is 18.2. The largest absolute Gasteiger partial charge is 0.461 e. The van der Waals surface area contributed by atoms with Gasteiger partial charge in [0.05, 0.1) is 11.6 Å². The second-order valence-electron chi connectivity index (χ2n) is 6.60. The van der Waals surface area contributed by atoms with Crippen molar-refractivity contribution in [1.82, 2.24) is 5.32 Å². The Bertz CT molecular complexity index is 639. The third-order valence-corrected chi connectivity index (χ3v) is 4.45. The summed E-state index contributed by atoms with van der Waals surface area (Å²) in [6.45, 7) is 5.12. The first kappa shape index (κ1) is 18.4. The molecular weight excluding hydrogens is 350 g/mol. The third-order valence-electron chi connectivity index (χ3n) is 4.14. The van der Waals surface area contributed by atoms with Crippen LogP contribution < -0.4 is 10.1 Å². The van der Waals surface area contributed by atoms with Crippen LogP contribution in [0.2, 0.25) is 5.02 Å². The van der Waals surface area contributed by atoms with E-state index >= 15 is 0 Å². The molecule has 7 nitrogen and oxygen atoms in total. The number of benzene rings is 1. The molecule has 25 heavy (non-hydrogen) atoms. The summed E-state index contributed by atoms with van der Waals surface area (Å²) in [6, 6.07) is 6.10. The van der Waals surface area contributed by atoms with Gasteiger partial charge in [0, 0.05) is 6.92 Å². The van der Waals surface area contributed by atoms with Crippen LogP contribution in [0.4, 0.5) is 0 Å². The van der Waals surface area contributed by atoms with Crippen molar-refractivity contribution in [3.8, 4) is 5.75 Å². The SMILES string of the molecule is CC(=O)N[C@@H]1[C@H](Oc2ccccc2Cl)O[C@@H]2COC(C)(C)O[C@H]2[C@@H]1O. The van der Waals surface area contributed by atoms with Gasteiger partial charge < -0.3 is 29.4 Å². The number of carbonyl (C=O) groups excluding carboxylic acids is 1. The number of halogens is 1. The van der Waals surface area contributed by atoms with Crippen molar-refractivity contribution in [2.75, 3.05) is 6.61 Å². The average Bonchev–Trinajstić information content (AvgIpc) is 2.53. The Labute approximate surface area is 151 Å². The molecule has 138 valence electrons. The standard InChI is InChI=1S/C17H22ClNO6/c1-9(20)19-13-14(21)15-12(8-22-17(2,3)25-15)24-16(13)23-11-7-5-4-6-10(11)18/h4-7,12-16,21H,8H2,1-3H3,(H,19,20)/t12-,13+,14-,15-,16-/m1/s1. The van der Waals surface area contributed by atoms with Crippen LogP contribution in [-0.4, -0.2) is 54.1 Å². The van der Waals surface area contributed by atoms with Crippen LogP contribution in [0, 0.1) is 0 Å². The highest BCUT2D eigenvalue weighted by atomic mass is 35.5. The normalized spacial score (nSPS) is 34.0. The fourth-order valence-corrected chi connectivity index (χ4v) is 3.18. The topological polar surface area (TPSA) is 86.3 Å². The van der Waals surface area contributed by atoms with Crippen molar-refractivity contribution in [1.29, 1.82) is 0 Å². The molecule has 5 atom stereocenters. The van der Waals surface area contributed by atoms with E-state index in [4.69, 9.17) is 30.5 Å². The number of aliphatic hydroxyl groups is 1. The number of ether oxygens (including phenoxy) is 4. The molecule has 0 saturated carbocycles. The van der Waals surface area contributed by atoms with Crippen molar-refractivity contribution in [3.05, 3.63) is 29.3 Å². The number of fused-ring (bicyclic) bond motifs is 1. The predicted molar refractivity (Wildman–Crippen MR) is 89.3 cm³/mol. The molecule has 0 radical (unpaired) electrons. The van der Waals surface area contributed by atoms with E-state index in [-0.39, 0.29) is 12.5 Å². The maximum absolute atomic E-state index is 11.6. The van der Waals surface area contributed by atoms with Gasteiger partial charge in [0.25, 0.3) is 0 Å². The first-order valence-corrected chi connectivity index (χ1v) is 8.48. The van der Waals surface area contributed by atoms with Gasteiger partial charge in [-0.1, -0.05) is 23.7 Å². The molecule has 1 amide bonds. The molecule has 0 unspecified atom stereocenters. The van der Waals surface area contributed by atoms with E-state index in [2.05, 4.69) is 5.32 Å². The number of rotatable bonds is 3. The van der Waals surface area contributed by atoms with Crippen molar-refractivity contribution in [2.24, 2.45) is 0 Å². The van der Waals surface area contributed by atoms with Crippen molar-refractivity contribution < 1.29 is 28.8 Å². The van der Waals surface area contributed by atoms with Crippen LogP contribution >= 0.6 is 11.6 Å². The summed E-state index contributed by atoms with van der Waals surface area (Å²) in [6.07, 6.45) is -3.14. The van der Waals surface area contributed by atoms with E-state index in [0.717, 1.165) is 0 Å². The minimum atomic E-state index is -1.03. The summed E-state index contributed by atoms with van der Waals surface area (Å²) >= 11 is 6.13. The molecular formula is C17H22ClNO6. The van der Waals surface area contributed by atoms with E-state index in [0.29, 0.717) is 10.8 Å². The molecule has 0 aromatic heterocycles. The minimum Gasteiger partial charge on any atom is -0.461 e. The second-order valence-corrected chi connectivity index (χ2v) is 7.01. The van der Waals surface area contributed by atoms with Gasteiger partial charge in [0.15, 0.2) is 5.79 Å². The number of hydrogen-bond donors (Lipinski definition) is 2. The Morgan fingerprint density at radius 2 is 2.12 bits per heavy atom. The zero-order valence-electron chi connectivity index (χ0n) is 14.3. The van der Waals surface area contributed by atoms with E-state index in [1.165, 1.54) is 6.92 Å². The van der Waals surface area contributed by atoms with Crippen molar-refractivity contribution >= 4 is 17.5 Å². The lowest BCUT2D eigenvalue weighted by molar-refractivity contribution is -0.361. The molecule has 1 aromatic carbocycles. The second kappa shape index (κ2) is 7.09. The molecule has 2 aliphatic heterocycles. The van der Waals surface area contributed by atoms with Gasteiger partial charge in [-0.25, -0.2) is 0 Å². The molecule has 3 rings (SSSR count). The van der Waals surface area contributed by atoms with Gasteiger partial charge in [0.2, 0.25) is 12.2 Å². The van der Waals surface area contributed by atoms with Gasteiger partial charge in [-0.2, -0.15) is 0 Å². The quantitative estimate of drug-likeness (QED) is 0.836. The first-order valence-electron chi connectivity index (χ1n) is 8.10. The van der Waals surface area contributed by atoms with Crippen molar-refractivity contribution in [3.63, 3.8) is 0 Å². The van der Waals surface area contributed by atoms with E-state index in [1.807, 2.05) is 0 Å². The smallest absolute Gasteiger partial charge is 0.223 e. The van der Waals surface area contributed by atoms with Crippen LogP contribution in [0.3, 0.4) is 0 Å². The molecule has 0 aliphatic carbocycles. The monoisotopic (exact) mass is 371 g/mol. The van der Waals surface area contributed by atoms with Crippen LogP contribution in [0.5, 0.6) is 5.75 Å². The molecule has 0 spiro atoms. The van der Waals surface area contributed by atoms with Gasteiger partial charge >= 0.3 is 0 Å². The van der Waals surface area contributed by atoms with Crippen LogP contribution in [0.25, 0.3) is 0 Å². The zero-order valence-corrected chi connectivity index (χ0v) is 15.0. The molecule has 2 saturated heterocycles. The maximum atomic E-state index is 11.6. The number of aliphatic hydroxyl groups excluding tert-OH is 1. The first-order chi connectivity index (χ1) is 11.8. The van der Waals surface area contributed by atoms with Gasteiger partial charge in [-0.15, -0.1) is 0 Å². The number of carbonyl (C=O) groups is 1. The molecule has 1 aromatic rings. The number of amides is 1. The molecule has 2 N–H and O–H groups in total. The number of para-hydroxylation sites is 1. The maximum Gasteiger partial charge on any atom is 0.223 e. The highest BCUT2D eigenvalue weighted by molar-refractivity contribution is 6.32. The fourth-order valence-electron chi connectivity index (χ4n) is 3.00. The average molecular weight is 372 g/mol. The summed E-state index contributed by atoms with van der Waals surface area (Å²) in [7, 11) is 0. The summed E-state index contributed by atoms with van der Waals surface area (Å²) in [5.41, 5.74) is 0. The molecule has 8 heteroatoms. The summed E-state index contributed by atoms with van der Waals surface area (Å²) in [5.74, 6) is -0.763. The predicted octanol–water partition coefficient (Wildman–Crippen LogP) is 1.46. The highest BCUT2D eigenvalue weighted by Gasteiger charge is 2.52. The van der Waals surface area contributed by atoms with Crippen LogP contribution in [-0.2, 0) is 19.0 Å². The Balaban J connectivity index is 1.83. The number of hydrogen-bond acceptors (Lipinski definition) is 6. The Kier molecular flexibility index (Phi) is 5.22. The lowest BCUT2D eigenvalue weighted by Gasteiger charge is -2.49. The fraction of sp³-hybridized carbons (Fsp3) is 0.588. The highest BCUT2D eigenvalue weighted by Crippen LogP contribution is 2.34. The Morgan fingerprint density at radius 1 is 1.40 bits per heavy atom. The van der Waals surface area contributed by atoms with Crippen LogP contribution in [0.1, 0.15) is 20.8 Å². The van der Waals surface area contributed by atoms with Crippen LogP contribution in [0.15, 0.2) is 24.3 Å². The third kappa shape index (κ3) is 4.07. The van der Waals surface area contributed by atoms with E-state index in [9.17, 15) is 9.90 Å². The lowest BCUT2D eigenvalue weighted by atomic mass is 9.95. The van der Waals surface area contributed by atoms with Gasteiger partial charge in [-0.3, -0.25) is 4.79 Å². The van der Waals surface area contributed by atoms with Gasteiger partial charge in [0.1, 0.15) is 30.1 Å². The van der Waals surface area contributed by atoms with E-state index < -0.39 is 36.4 Å². The lowest BCUT2D eigenvalue weighted by Crippen LogP contribution is -2.69. The number of nitrogens with one attached hydrogen (secondary N) is 1. The van der Waals surface area contributed by atoms with Gasteiger partial charge in [-0.05, 0) is 26.0 Å². The molecule has 2 aliphatic rings. The Hall–Kier alpha value is -1.38. The summed E-state index contributed by atoms with van der Waals surface area (Å²) in [5, 5.41) is 13.9. The van der Waals surface area contributed by atoms with Crippen molar-refractivity contribution in [2.45, 2.75) is 57.2 Å². The molecule has 2 fully saturated rings. The molecule has 0 bridgehead atoms. The van der Waals surface area contributed by atoms with E-state index in [1.54, 1.807) is 38.1 Å². The summed E-state index contributed by atoms with van der Waals surface area (Å²) < 4.78 is 23.1. The molecule has 2 heterocycles. The minimum absolute atomic E-state index is 0.240.